The Kier molecular flexibility index (Phi) is 4.20. The second-order valence-electron chi connectivity index (χ2n) is 4.44. The van der Waals surface area contributed by atoms with Gasteiger partial charge in [-0.25, -0.2) is 0 Å². The molecule has 0 saturated carbocycles. The number of carbonyl (C=O) groups excluding carboxylic acids is 1. The van der Waals surface area contributed by atoms with Crippen molar-refractivity contribution in [1.29, 1.82) is 0 Å². The summed E-state index contributed by atoms with van der Waals surface area (Å²) >= 11 is 0. The number of aromatic nitrogens is 1. The van der Waals surface area contributed by atoms with Gasteiger partial charge in [0.25, 0.3) is 5.91 Å². The van der Waals surface area contributed by atoms with Crippen molar-refractivity contribution in [3.63, 3.8) is 0 Å². The molecule has 0 aliphatic carbocycles. The summed E-state index contributed by atoms with van der Waals surface area (Å²) in [5, 5.41) is 0. The normalized spacial score (nSPS) is 10.2. The number of nitrogen functional groups attached to an aromatic ring is 1. The lowest BCUT2D eigenvalue weighted by Crippen LogP contribution is -2.27. The van der Waals surface area contributed by atoms with Crippen LogP contribution >= 0.6 is 0 Å². The van der Waals surface area contributed by atoms with Crippen LogP contribution in [0.5, 0.6) is 0 Å². The number of benzene rings is 1. The topological polar surface area (TPSA) is 85.2 Å². The molecule has 0 bridgehead atoms. The van der Waals surface area contributed by atoms with Gasteiger partial charge in [0.05, 0.1) is 29.2 Å². The first-order valence-corrected chi connectivity index (χ1v) is 6.46. The van der Waals surface area contributed by atoms with Crippen molar-refractivity contribution in [2.45, 2.75) is 13.5 Å². The van der Waals surface area contributed by atoms with Gasteiger partial charge in [0.2, 0.25) is 0 Å². The highest BCUT2D eigenvalue weighted by Crippen LogP contribution is 2.28. The van der Waals surface area contributed by atoms with Crippen LogP contribution in [-0.2, 0) is 6.54 Å². The van der Waals surface area contributed by atoms with Crippen molar-refractivity contribution >= 4 is 17.3 Å². The molecule has 0 saturated heterocycles. The molecule has 1 amide bonds. The van der Waals surface area contributed by atoms with Crippen LogP contribution in [0.4, 0.5) is 11.4 Å². The lowest BCUT2D eigenvalue weighted by atomic mass is 10.1. The molecule has 0 aliphatic heterocycles. The number of primary amides is 1. The van der Waals surface area contributed by atoms with Gasteiger partial charge in [0.1, 0.15) is 0 Å². The Labute approximate surface area is 118 Å². The zero-order valence-electron chi connectivity index (χ0n) is 11.4. The van der Waals surface area contributed by atoms with Crippen LogP contribution < -0.4 is 16.4 Å². The molecule has 1 heterocycles. The van der Waals surface area contributed by atoms with E-state index in [1.165, 1.54) is 0 Å². The Morgan fingerprint density at radius 3 is 2.65 bits per heavy atom. The van der Waals surface area contributed by atoms with Crippen LogP contribution in [-0.4, -0.2) is 17.4 Å². The fraction of sp³-hybridized carbons (Fsp3) is 0.200. The highest BCUT2D eigenvalue weighted by molar-refractivity contribution is 6.01. The average Bonchev–Trinajstić information content (AvgIpc) is 2.46. The maximum absolute atomic E-state index is 11.6. The summed E-state index contributed by atoms with van der Waals surface area (Å²) in [6.45, 7) is 3.27. The van der Waals surface area contributed by atoms with Crippen LogP contribution in [0.25, 0.3) is 0 Å². The Hall–Kier alpha value is -2.56. The molecule has 0 unspecified atom stereocenters. The Bertz CT molecular complexity index is 598. The molecule has 5 nitrogen and oxygen atoms in total. The highest BCUT2D eigenvalue weighted by Gasteiger charge is 2.17. The van der Waals surface area contributed by atoms with Gasteiger partial charge in [-0.15, -0.1) is 0 Å². The minimum Gasteiger partial charge on any atom is -0.397 e. The minimum absolute atomic E-state index is 0.433. The maximum Gasteiger partial charge on any atom is 0.250 e. The number of amides is 1. The van der Waals surface area contributed by atoms with Gasteiger partial charge in [-0.05, 0) is 31.2 Å². The van der Waals surface area contributed by atoms with E-state index in [4.69, 9.17) is 11.5 Å². The molecule has 20 heavy (non-hydrogen) atoms. The van der Waals surface area contributed by atoms with Crippen molar-refractivity contribution < 1.29 is 4.79 Å². The third-order valence-corrected chi connectivity index (χ3v) is 3.11. The van der Waals surface area contributed by atoms with E-state index in [-0.39, 0.29) is 0 Å². The van der Waals surface area contributed by atoms with Crippen LogP contribution in [0.2, 0.25) is 0 Å². The quantitative estimate of drug-likeness (QED) is 0.811. The lowest BCUT2D eigenvalue weighted by molar-refractivity contribution is 0.100. The van der Waals surface area contributed by atoms with Gasteiger partial charge in [0, 0.05) is 12.7 Å². The SMILES string of the molecule is CCN(Cc1ccccn1)c1c(N)cccc1C(N)=O. The first-order valence-electron chi connectivity index (χ1n) is 6.46. The molecule has 0 atom stereocenters. The monoisotopic (exact) mass is 270 g/mol. The molecule has 4 N–H and O–H groups in total. The van der Waals surface area contributed by atoms with Crippen molar-refractivity contribution in [1.82, 2.24) is 4.98 Å². The van der Waals surface area contributed by atoms with Crippen LogP contribution in [0, 0.1) is 0 Å². The third kappa shape index (κ3) is 2.88. The Balaban J connectivity index is 2.39. The average molecular weight is 270 g/mol. The number of hydrogen-bond acceptors (Lipinski definition) is 4. The highest BCUT2D eigenvalue weighted by atomic mass is 16.1. The number of carbonyl (C=O) groups is 1. The van der Waals surface area contributed by atoms with Gasteiger partial charge in [-0.3, -0.25) is 9.78 Å². The fourth-order valence-corrected chi connectivity index (χ4v) is 2.15. The number of pyridine rings is 1. The largest absolute Gasteiger partial charge is 0.397 e. The van der Waals surface area contributed by atoms with Gasteiger partial charge in [-0.2, -0.15) is 0 Å². The number of nitrogens with zero attached hydrogens (tertiary/aromatic N) is 2. The van der Waals surface area contributed by atoms with E-state index in [1.54, 1.807) is 24.4 Å². The number of rotatable bonds is 5. The van der Waals surface area contributed by atoms with Crippen molar-refractivity contribution in [2.75, 3.05) is 17.2 Å². The maximum atomic E-state index is 11.6. The smallest absolute Gasteiger partial charge is 0.250 e. The predicted molar refractivity (Wildman–Crippen MR) is 80.3 cm³/mol. The van der Waals surface area contributed by atoms with E-state index < -0.39 is 5.91 Å². The molecule has 2 aromatic rings. The molecule has 5 heteroatoms. The second kappa shape index (κ2) is 6.06. The summed E-state index contributed by atoms with van der Waals surface area (Å²) in [5.74, 6) is -0.480. The second-order valence-corrected chi connectivity index (χ2v) is 4.44. The summed E-state index contributed by atoms with van der Waals surface area (Å²) < 4.78 is 0. The van der Waals surface area contributed by atoms with Gasteiger partial charge in [0.15, 0.2) is 0 Å². The lowest BCUT2D eigenvalue weighted by Gasteiger charge is -2.26. The van der Waals surface area contributed by atoms with Crippen molar-refractivity contribution in [3.05, 3.63) is 53.9 Å². The molecule has 0 aliphatic rings. The Morgan fingerprint density at radius 1 is 1.25 bits per heavy atom. The van der Waals surface area contributed by atoms with E-state index >= 15 is 0 Å². The number of nitrogens with two attached hydrogens (primary N) is 2. The standard InChI is InChI=1S/C15H18N4O/c1-2-19(10-11-6-3-4-9-18-11)14-12(15(17)20)7-5-8-13(14)16/h3-9H,2,10,16H2,1H3,(H2,17,20). The van der Waals surface area contributed by atoms with E-state index in [2.05, 4.69) is 4.98 Å². The molecule has 104 valence electrons. The van der Waals surface area contributed by atoms with Crippen LogP contribution in [0.1, 0.15) is 23.0 Å². The fourth-order valence-electron chi connectivity index (χ4n) is 2.15. The van der Waals surface area contributed by atoms with Crippen LogP contribution in [0.3, 0.4) is 0 Å². The molecule has 1 aromatic carbocycles. The Morgan fingerprint density at radius 2 is 2.05 bits per heavy atom. The molecular weight excluding hydrogens is 252 g/mol. The summed E-state index contributed by atoms with van der Waals surface area (Å²) in [6, 6.07) is 10.9. The summed E-state index contributed by atoms with van der Waals surface area (Å²) in [7, 11) is 0. The zero-order valence-corrected chi connectivity index (χ0v) is 11.4. The minimum atomic E-state index is -0.480. The molecule has 1 aromatic heterocycles. The summed E-state index contributed by atoms with van der Waals surface area (Å²) in [6.07, 6.45) is 1.74. The van der Waals surface area contributed by atoms with Crippen molar-refractivity contribution in [2.24, 2.45) is 5.73 Å². The molecule has 2 rings (SSSR count). The third-order valence-electron chi connectivity index (χ3n) is 3.11. The summed E-state index contributed by atoms with van der Waals surface area (Å²) in [5.41, 5.74) is 14.0. The van der Waals surface area contributed by atoms with E-state index in [9.17, 15) is 4.79 Å². The van der Waals surface area contributed by atoms with Gasteiger partial charge < -0.3 is 16.4 Å². The molecule has 0 fully saturated rings. The molecular formula is C15H18N4O. The van der Waals surface area contributed by atoms with Crippen LogP contribution in [0.15, 0.2) is 42.6 Å². The predicted octanol–water partition coefficient (Wildman–Crippen LogP) is 1.79. The van der Waals surface area contributed by atoms with Gasteiger partial charge >= 0.3 is 0 Å². The number of hydrogen-bond donors (Lipinski definition) is 2. The zero-order chi connectivity index (χ0) is 14.5. The van der Waals surface area contributed by atoms with E-state index in [0.717, 1.165) is 5.69 Å². The van der Waals surface area contributed by atoms with Crippen molar-refractivity contribution in [3.8, 4) is 0 Å². The van der Waals surface area contributed by atoms with E-state index in [1.807, 2.05) is 30.0 Å². The van der Waals surface area contributed by atoms with Gasteiger partial charge in [-0.1, -0.05) is 12.1 Å². The number of anilines is 2. The summed E-state index contributed by atoms with van der Waals surface area (Å²) in [4.78, 5) is 17.9. The first-order chi connectivity index (χ1) is 9.63. The molecule has 0 radical (unpaired) electrons. The number of para-hydroxylation sites is 1. The van der Waals surface area contributed by atoms with E-state index in [0.29, 0.717) is 30.0 Å². The first kappa shape index (κ1) is 13.9. The molecule has 0 spiro atoms.